The number of aryl methyl sites for hydroxylation is 1. The third-order valence-corrected chi connectivity index (χ3v) is 5.69. The minimum absolute atomic E-state index is 0.152. The van der Waals surface area contributed by atoms with Crippen molar-refractivity contribution in [3.63, 3.8) is 0 Å². The van der Waals surface area contributed by atoms with Crippen molar-refractivity contribution in [1.29, 1.82) is 0 Å². The molecule has 10 nitrogen and oxygen atoms in total. The summed E-state index contributed by atoms with van der Waals surface area (Å²) in [5, 5.41) is 11.5. The molecule has 30 heavy (non-hydrogen) atoms. The van der Waals surface area contributed by atoms with Crippen LogP contribution in [0.3, 0.4) is 0 Å². The number of carbonyl (C=O) groups excluding carboxylic acids is 1. The van der Waals surface area contributed by atoms with Gasteiger partial charge >= 0.3 is 0 Å². The first-order valence-corrected chi connectivity index (χ1v) is 9.63. The molecule has 2 aromatic carbocycles. The van der Waals surface area contributed by atoms with Gasteiger partial charge in [0.15, 0.2) is 27.8 Å². The van der Waals surface area contributed by atoms with Crippen LogP contribution in [0.2, 0.25) is 0 Å². The monoisotopic (exact) mass is 431 g/mol. The third kappa shape index (κ3) is 3.32. The van der Waals surface area contributed by atoms with E-state index in [-0.39, 0.29) is 17.1 Å². The predicted molar refractivity (Wildman–Crippen MR) is 108 cm³/mol. The van der Waals surface area contributed by atoms with Gasteiger partial charge in [0.2, 0.25) is 0 Å². The number of methoxy groups -OCH3 is 2. The third-order valence-electron chi connectivity index (χ3n) is 4.60. The average molecular weight is 431 g/mol. The second-order valence-corrected chi connectivity index (χ2v) is 7.31. The fourth-order valence-electron chi connectivity index (χ4n) is 3.11. The van der Waals surface area contributed by atoms with E-state index in [9.17, 15) is 14.9 Å². The lowest BCUT2D eigenvalue weighted by atomic mass is 10.1. The molecule has 0 aliphatic carbocycles. The molecule has 2 heterocycles. The van der Waals surface area contributed by atoms with E-state index in [2.05, 4.69) is 4.99 Å². The van der Waals surface area contributed by atoms with Gasteiger partial charge in [-0.3, -0.25) is 14.9 Å². The number of fused-ring (bicyclic) bond motifs is 2. The topological polar surface area (TPSA) is 114 Å². The molecule has 4 rings (SSSR count). The SMILES string of the molecule is COc1cc(C(=O)N=c2sc3cc4c(cc3n2C)OCCO4)c([N+](=O)[O-])cc1OC. The maximum atomic E-state index is 12.9. The van der Waals surface area contributed by atoms with E-state index in [1.807, 2.05) is 12.1 Å². The van der Waals surface area contributed by atoms with Gasteiger partial charge in [-0.05, 0) is 0 Å². The van der Waals surface area contributed by atoms with Crippen molar-refractivity contribution in [3.05, 3.63) is 44.7 Å². The van der Waals surface area contributed by atoms with Crippen LogP contribution in [0.25, 0.3) is 10.2 Å². The van der Waals surface area contributed by atoms with Gasteiger partial charge in [0, 0.05) is 25.2 Å². The Labute approximate surface area is 174 Å². The number of ether oxygens (including phenoxy) is 4. The quantitative estimate of drug-likeness (QED) is 0.461. The van der Waals surface area contributed by atoms with Crippen LogP contribution in [0.1, 0.15) is 10.4 Å². The Balaban J connectivity index is 1.84. The van der Waals surface area contributed by atoms with Crippen molar-refractivity contribution in [1.82, 2.24) is 4.57 Å². The van der Waals surface area contributed by atoms with E-state index in [1.54, 1.807) is 11.6 Å². The molecule has 0 atom stereocenters. The lowest BCUT2D eigenvalue weighted by Gasteiger charge is -2.18. The number of benzene rings is 2. The van der Waals surface area contributed by atoms with Crippen LogP contribution in [0, 0.1) is 10.1 Å². The molecule has 11 heteroatoms. The molecule has 0 radical (unpaired) electrons. The largest absolute Gasteiger partial charge is 0.493 e. The van der Waals surface area contributed by atoms with Gasteiger partial charge in [0.1, 0.15) is 18.8 Å². The Morgan fingerprint density at radius 1 is 1.13 bits per heavy atom. The molecule has 0 unspecified atom stereocenters. The van der Waals surface area contributed by atoms with Crippen molar-refractivity contribution < 1.29 is 28.7 Å². The van der Waals surface area contributed by atoms with Crippen molar-refractivity contribution >= 4 is 33.1 Å². The number of amides is 1. The summed E-state index contributed by atoms with van der Waals surface area (Å²) in [5.74, 6) is 0.838. The van der Waals surface area contributed by atoms with E-state index < -0.39 is 16.5 Å². The lowest BCUT2D eigenvalue weighted by Crippen LogP contribution is -2.16. The molecule has 1 aliphatic heterocycles. The van der Waals surface area contributed by atoms with Crippen molar-refractivity contribution in [3.8, 4) is 23.0 Å². The predicted octanol–water partition coefficient (Wildman–Crippen LogP) is 2.68. The van der Waals surface area contributed by atoms with Gasteiger partial charge in [0.25, 0.3) is 11.6 Å². The molecule has 0 N–H and O–H groups in total. The van der Waals surface area contributed by atoms with Crippen LogP contribution in [0.15, 0.2) is 29.3 Å². The first kappa shape index (κ1) is 19.7. The number of nitrogens with zero attached hydrogens (tertiary/aromatic N) is 3. The second kappa shape index (κ2) is 7.67. The number of thiazole rings is 1. The smallest absolute Gasteiger partial charge is 0.286 e. The van der Waals surface area contributed by atoms with Gasteiger partial charge < -0.3 is 23.5 Å². The number of carbonyl (C=O) groups is 1. The van der Waals surface area contributed by atoms with Crippen LogP contribution in [-0.2, 0) is 7.05 Å². The first-order chi connectivity index (χ1) is 14.4. The molecule has 0 saturated heterocycles. The van der Waals surface area contributed by atoms with Crippen LogP contribution in [-0.4, -0.2) is 42.8 Å². The Morgan fingerprint density at radius 2 is 1.77 bits per heavy atom. The number of hydrogen-bond acceptors (Lipinski definition) is 8. The van der Waals surface area contributed by atoms with Gasteiger partial charge in [-0.25, -0.2) is 0 Å². The van der Waals surface area contributed by atoms with Crippen molar-refractivity contribution in [2.75, 3.05) is 27.4 Å². The molecule has 1 aromatic heterocycles. The summed E-state index contributed by atoms with van der Waals surface area (Å²) in [4.78, 5) is 28.2. The van der Waals surface area contributed by atoms with Gasteiger partial charge in [0.05, 0.1) is 35.4 Å². The normalized spacial score (nSPS) is 13.4. The second-order valence-electron chi connectivity index (χ2n) is 6.31. The van der Waals surface area contributed by atoms with Gasteiger partial charge in [-0.15, -0.1) is 0 Å². The minimum atomic E-state index is -0.762. The van der Waals surface area contributed by atoms with Crippen LogP contribution in [0.4, 0.5) is 5.69 Å². The first-order valence-electron chi connectivity index (χ1n) is 8.81. The Morgan fingerprint density at radius 3 is 2.40 bits per heavy atom. The van der Waals surface area contributed by atoms with Crippen LogP contribution in [0.5, 0.6) is 23.0 Å². The molecule has 0 saturated carbocycles. The van der Waals surface area contributed by atoms with E-state index in [4.69, 9.17) is 18.9 Å². The summed E-state index contributed by atoms with van der Waals surface area (Å²) >= 11 is 1.27. The van der Waals surface area contributed by atoms with Crippen LogP contribution < -0.4 is 23.7 Å². The molecular weight excluding hydrogens is 414 g/mol. The molecule has 0 bridgehead atoms. The summed E-state index contributed by atoms with van der Waals surface area (Å²) in [7, 11) is 4.49. The fourth-order valence-corrected chi connectivity index (χ4v) is 4.14. The highest BCUT2D eigenvalue weighted by molar-refractivity contribution is 7.16. The molecule has 156 valence electrons. The number of nitro benzene ring substituents is 1. The molecule has 1 aliphatic rings. The van der Waals surface area contributed by atoms with Crippen LogP contribution >= 0.6 is 11.3 Å². The summed E-state index contributed by atoms with van der Waals surface area (Å²) in [6.45, 7) is 0.930. The number of nitro groups is 1. The average Bonchev–Trinajstić information content (AvgIpc) is 3.05. The zero-order valence-electron chi connectivity index (χ0n) is 16.3. The standard InChI is InChI=1S/C19H17N3O7S/c1-21-12-8-15-16(29-5-4-28-15)9-17(12)30-19(21)20-18(23)10-6-13(26-2)14(27-3)7-11(10)22(24)25/h6-9H,4-5H2,1-3H3. The molecule has 0 spiro atoms. The Kier molecular flexibility index (Phi) is 5.04. The molecule has 0 fully saturated rings. The zero-order valence-corrected chi connectivity index (χ0v) is 17.1. The molecular formula is C19H17N3O7S. The van der Waals surface area contributed by atoms with Crippen molar-refractivity contribution in [2.45, 2.75) is 0 Å². The van der Waals surface area contributed by atoms with Crippen molar-refractivity contribution in [2.24, 2.45) is 12.0 Å². The number of aromatic nitrogens is 1. The zero-order chi connectivity index (χ0) is 21.4. The minimum Gasteiger partial charge on any atom is -0.493 e. The summed E-state index contributed by atoms with van der Waals surface area (Å²) in [6, 6.07) is 6.06. The summed E-state index contributed by atoms with van der Waals surface area (Å²) in [5.41, 5.74) is 0.195. The van der Waals surface area contributed by atoms with E-state index in [0.717, 1.165) is 16.3 Å². The summed E-state index contributed by atoms with van der Waals surface area (Å²) < 4.78 is 24.0. The maximum Gasteiger partial charge on any atom is 0.286 e. The lowest BCUT2D eigenvalue weighted by molar-refractivity contribution is -0.385. The maximum absolute atomic E-state index is 12.9. The number of hydrogen-bond donors (Lipinski definition) is 0. The highest BCUT2D eigenvalue weighted by Gasteiger charge is 2.25. The van der Waals surface area contributed by atoms with E-state index in [0.29, 0.717) is 29.5 Å². The fraction of sp³-hybridized carbons (Fsp3) is 0.263. The molecule has 3 aromatic rings. The summed E-state index contributed by atoms with van der Waals surface area (Å²) in [6.07, 6.45) is 0. The number of rotatable bonds is 4. The highest BCUT2D eigenvalue weighted by Crippen LogP contribution is 2.36. The van der Waals surface area contributed by atoms with Gasteiger partial charge in [-0.1, -0.05) is 11.3 Å². The van der Waals surface area contributed by atoms with E-state index >= 15 is 0 Å². The highest BCUT2D eigenvalue weighted by atomic mass is 32.1. The van der Waals surface area contributed by atoms with E-state index in [1.165, 1.54) is 31.6 Å². The Bertz CT molecular complexity index is 1250. The Hall–Kier alpha value is -3.60. The van der Waals surface area contributed by atoms with Gasteiger partial charge in [-0.2, -0.15) is 4.99 Å². The molecule has 1 amide bonds.